The van der Waals surface area contributed by atoms with E-state index in [1.807, 2.05) is 31.4 Å². The van der Waals surface area contributed by atoms with E-state index in [0.29, 0.717) is 6.42 Å². The number of hydrogen-bond acceptors (Lipinski definition) is 2. The largest absolute Gasteiger partial charge is 0.294 e. The van der Waals surface area contributed by atoms with E-state index in [4.69, 9.17) is 0 Å². The molecule has 1 aromatic carbocycles. The molecule has 0 aromatic heterocycles. The number of halogens is 1. The Balaban J connectivity index is 3.15. The molecule has 70 valence electrons. The Bertz CT molecular complexity index is 323. The normalized spacial score (nSPS) is 10.1. The quantitative estimate of drug-likeness (QED) is 0.482. The first-order valence-electron chi connectivity index (χ1n) is 4.06. The molecule has 0 aliphatic rings. The summed E-state index contributed by atoms with van der Waals surface area (Å²) in [6.07, 6.45) is 2.60. The van der Waals surface area contributed by atoms with E-state index in [9.17, 15) is 4.79 Å². The van der Waals surface area contributed by atoms with E-state index in [1.165, 1.54) is 4.90 Å². The van der Waals surface area contributed by atoms with E-state index in [-0.39, 0.29) is 5.78 Å². The van der Waals surface area contributed by atoms with Gasteiger partial charge in [-0.1, -0.05) is 19.1 Å². The van der Waals surface area contributed by atoms with Gasteiger partial charge in [0.15, 0.2) is 5.78 Å². The van der Waals surface area contributed by atoms with Crippen LogP contribution in [0.4, 0.5) is 0 Å². The molecule has 0 radical (unpaired) electrons. The molecule has 1 rings (SSSR count). The summed E-state index contributed by atoms with van der Waals surface area (Å²) < 4.78 is 1.08. The number of rotatable bonds is 3. The maximum absolute atomic E-state index is 11.5. The average molecular weight is 306 g/mol. The highest BCUT2D eigenvalue weighted by molar-refractivity contribution is 14.1. The third kappa shape index (κ3) is 2.47. The van der Waals surface area contributed by atoms with E-state index in [1.54, 1.807) is 11.8 Å². The molecule has 0 unspecified atom stereocenters. The predicted octanol–water partition coefficient (Wildman–Crippen LogP) is 3.61. The Morgan fingerprint density at radius 2 is 2.23 bits per heavy atom. The number of thioether (sulfide) groups is 1. The molecule has 1 aromatic rings. The summed E-state index contributed by atoms with van der Waals surface area (Å²) in [5, 5.41) is 0. The first-order chi connectivity index (χ1) is 6.20. The number of carbonyl (C=O) groups is 1. The highest BCUT2D eigenvalue weighted by Crippen LogP contribution is 2.25. The van der Waals surface area contributed by atoms with Crippen LogP contribution >= 0.6 is 34.4 Å². The lowest BCUT2D eigenvalue weighted by Crippen LogP contribution is -2.00. The van der Waals surface area contributed by atoms with Crippen molar-refractivity contribution in [3.63, 3.8) is 0 Å². The first kappa shape index (κ1) is 11.0. The van der Waals surface area contributed by atoms with Gasteiger partial charge in [-0.2, -0.15) is 0 Å². The van der Waals surface area contributed by atoms with Crippen LogP contribution in [0.25, 0.3) is 0 Å². The molecule has 0 spiro atoms. The van der Waals surface area contributed by atoms with Crippen molar-refractivity contribution in [3.05, 3.63) is 27.3 Å². The van der Waals surface area contributed by atoms with Gasteiger partial charge in [-0.15, -0.1) is 11.8 Å². The topological polar surface area (TPSA) is 17.1 Å². The van der Waals surface area contributed by atoms with Gasteiger partial charge in [-0.3, -0.25) is 4.79 Å². The van der Waals surface area contributed by atoms with Crippen LogP contribution in [0.3, 0.4) is 0 Å². The molecular formula is C10H11IOS. The predicted molar refractivity (Wildman–Crippen MR) is 65.6 cm³/mol. The molecule has 0 heterocycles. The summed E-state index contributed by atoms with van der Waals surface area (Å²) in [6, 6.07) is 5.88. The van der Waals surface area contributed by atoms with Gasteiger partial charge in [-0.05, 0) is 34.9 Å². The van der Waals surface area contributed by atoms with Crippen molar-refractivity contribution >= 4 is 40.1 Å². The zero-order valence-corrected chi connectivity index (χ0v) is 10.6. The summed E-state index contributed by atoms with van der Waals surface area (Å²) in [4.78, 5) is 12.7. The number of hydrogen-bond donors (Lipinski definition) is 0. The molecule has 0 N–H and O–H groups in total. The Hall–Kier alpha value is -0.0300. The zero-order valence-electron chi connectivity index (χ0n) is 7.63. The van der Waals surface area contributed by atoms with Crippen LogP contribution in [0.2, 0.25) is 0 Å². The summed E-state index contributed by atoms with van der Waals surface area (Å²) in [6.45, 7) is 1.89. The van der Waals surface area contributed by atoms with Crippen molar-refractivity contribution in [2.45, 2.75) is 18.2 Å². The number of Topliss-reactive ketones (excluding diaryl/α,β-unsaturated/α-hetero) is 1. The Labute approximate surface area is 96.4 Å². The number of ketones is 1. The van der Waals surface area contributed by atoms with Crippen molar-refractivity contribution in [3.8, 4) is 0 Å². The molecule has 0 amide bonds. The van der Waals surface area contributed by atoms with E-state index < -0.39 is 0 Å². The maximum Gasteiger partial charge on any atom is 0.163 e. The Kier molecular flexibility index (Phi) is 4.25. The van der Waals surface area contributed by atoms with E-state index >= 15 is 0 Å². The van der Waals surface area contributed by atoms with Gasteiger partial charge in [0.2, 0.25) is 0 Å². The highest BCUT2D eigenvalue weighted by atomic mass is 127. The van der Waals surface area contributed by atoms with Crippen molar-refractivity contribution in [1.82, 2.24) is 0 Å². The van der Waals surface area contributed by atoms with Gasteiger partial charge in [0.1, 0.15) is 0 Å². The van der Waals surface area contributed by atoms with Crippen molar-refractivity contribution in [1.29, 1.82) is 0 Å². The lowest BCUT2D eigenvalue weighted by Gasteiger charge is -2.05. The molecule has 0 atom stereocenters. The van der Waals surface area contributed by atoms with Gasteiger partial charge < -0.3 is 0 Å². The molecule has 0 aliphatic heterocycles. The summed E-state index contributed by atoms with van der Waals surface area (Å²) >= 11 is 3.92. The molecule has 0 aliphatic carbocycles. The van der Waals surface area contributed by atoms with E-state index in [0.717, 1.165) is 9.13 Å². The molecule has 0 saturated carbocycles. The van der Waals surface area contributed by atoms with Gasteiger partial charge in [-0.25, -0.2) is 0 Å². The van der Waals surface area contributed by atoms with Gasteiger partial charge in [0, 0.05) is 20.4 Å². The van der Waals surface area contributed by atoms with Crippen molar-refractivity contribution in [2.75, 3.05) is 6.26 Å². The average Bonchev–Trinajstić information content (AvgIpc) is 2.17. The second kappa shape index (κ2) is 5.00. The maximum atomic E-state index is 11.5. The fraction of sp³-hybridized carbons (Fsp3) is 0.300. The third-order valence-electron chi connectivity index (χ3n) is 1.80. The fourth-order valence-electron chi connectivity index (χ4n) is 1.07. The van der Waals surface area contributed by atoms with Crippen LogP contribution in [0, 0.1) is 3.57 Å². The van der Waals surface area contributed by atoms with Crippen LogP contribution < -0.4 is 0 Å². The lowest BCUT2D eigenvalue weighted by molar-refractivity contribution is 0.0987. The summed E-state index contributed by atoms with van der Waals surface area (Å²) in [5.74, 6) is 0.223. The van der Waals surface area contributed by atoms with E-state index in [2.05, 4.69) is 22.6 Å². The molecule has 0 fully saturated rings. The monoisotopic (exact) mass is 306 g/mol. The molecule has 3 heteroatoms. The van der Waals surface area contributed by atoms with Crippen LogP contribution in [0.1, 0.15) is 23.7 Å². The second-order valence-corrected chi connectivity index (χ2v) is 4.53. The first-order valence-corrected chi connectivity index (χ1v) is 6.36. The van der Waals surface area contributed by atoms with Gasteiger partial charge >= 0.3 is 0 Å². The van der Waals surface area contributed by atoms with Crippen molar-refractivity contribution < 1.29 is 4.79 Å². The van der Waals surface area contributed by atoms with Crippen LogP contribution in [0.5, 0.6) is 0 Å². The third-order valence-corrected chi connectivity index (χ3v) is 4.11. The Morgan fingerprint density at radius 3 is 2.77 bits per heavy atom. The minimum atomic E-state index is 0.223. The highest BCUT2D eigenvalue weighted by Gasteiger charge is 2.09. The van der Waals surface area contributed by atoms with Gasteiger partial charge in [0.25, 0.3) is 0 Å². The molecule has 0 saturated heterocycles. The lowest BCUT2D eigenvalue weighted by atomic mass is 10.1. The number of carbonyl (C=O) groups excluding carboxylic acids is 1. The standard InChI is InChI=1S/C10H11IOS/c1-3-8(12)7-5-4-6-9(13-2)10(7)11/h4-6H,3H2,1-2H3. The van der Waals surface area contributed by atoms with Crippen LogP contribution in [0.15, 0.2) is 23.1 Å². The second-order valence-electron chi connectivity index (χ2n) is 2.60. The van der Waals surface area contributed by atoms with Crippen molar-refractivity contribution in [2.24, 2.45) is 0 Å². The molecule has 0 bridgehead atoms. The summed E-state index contributed by atoms with van der Waals surface area (Å²) in [7, 11) is 0. The smallest absolute Gasteiger partial charge is 0.163 e. The molecule has 1 nitrogen and oxygen atoms in total. The number of benzene rings is 1. The summed E-state index contributed by atoms with van der Waals surface area (Å²) in [5.41, 5.74) is 0.856. The van der Waals surface area contributed by atoms with Gasteiger partial charge in [0.05, 0.1) is 0 Å². The fourth-order valence-corrected chi connectivity index (χ4v) is 2.90. The minimum Gasteiger partial charge on any atom is -0.294 e. The minimum absolute atomic E-state index is 0.223. The SMILES string of the molecule is CCC(=O)c1cccc(SC)c1I. The Morgan fingerprint density at radius 1 is 1.54 bits per heavy atom. The molecular weight excluding hydrogens is 295 g/mol. The zero-order chi connectivity index (χ0) is 9.84. The van der Waals surface area contributed by atoms with Crippen LogP contribution in [-0.2, 0) is 0 Å². The van der Waals surface area contributed by atoms with Crippen LogP contribution in [-0.4, -0.2) is 12.0 Å². The molecule has 13 heavy (non-hydrogen) atoms.